The molecule has 100 valence electrons. The van der Waals surface area contributed by atoms with E-state index in [1.807, 2.05) is 6.92 Å². The van der Waals surface area contributed by atoms with Crippen molar-refractivity contribution in [1.29, 1.82) is 0 Å². The summed E-state index contributed by atoms with van der Waals surface area (Å²) in [5, 5.41) is 5.93. The van der Waals surface area contributed by atoms with Gasteiger partial charge in [-0.1, -0.05) is 24.6 Å². The number of hydrogen-bond acceptors (Lipinski definition) is 2. The molecule has 1 atom stereocenters. The van der Waals surface area contributed by atoms with Gasteiger partial charge in [-0.3, -0.25) is 4.79 Å². The predicted molar refractivity (Wildman–Crippen MR) is 71.0 cm³/mol. The van der Waals surface area contributed by atoms with E-state index in [0.29, 0.717) is 13.1 Å². The minimum absolute atomic E-state index is 0.0497. The average Bonchev–Trinajstić information content (AvgIpc) is 2.36. The molecular formula is C13H18ClFN2O. The molecule has 0 aliphatic heterocycles. The first-order valence-electron chi connectivity index (χ1n) is 5.99. The Labute approximate surface area is 112 Å². The molecule has 3 nitrogen and oxygen atoms in total. The molecule has 2 N–H and O–H groups in total. The summed E-state index contributed by atoms with van der Waals surface area (Å²) in [4.78, 5) is 11.6. The van der Waals surface area contributed by atoms with Crippen LogP contribution in [0, 0.1) is 5.82 Å². The van der Waals surface area contributed by atoms with E-state index in [0.717, 1.165) is 12.0 Å². The van der Waals surface area contributed by atoms with Gasteiger partial charge in [0.1, 0.15) is 5.82 Å². The summed E-state index contributed by atoms with van der Waals surface area (Å²) in [6.07, 6.45) is 0.904. The number of carbonyl (C=O) groups excluding carboxylic acids is 1. The molecule has 0 fully saturated rings. The van der Waals surface area contributed by atoms with Crippen LogP contribution < -0.4 is 10.6 Å². The molecule has 1 amide bonds. The highest BCUT2D eigenvalue weighted by molar-refractivity contribution is 6.30. The van der Waals surface area contributed by atoms with Crippen LogP contribution in [0.15, 0.2) is 18.2 Å². The Morgan fingerprint density at radius 2 is 2.22 bits per heavy atom. The fourth-order valence-electron chi connectivity index (χ4n) is 1.41. The zero-order chi connectivity index (χ0) is 13.5. The van der Waals surface area contributed by atoms with Gasteiger partial charge < -0.3 is 10.6 Å². The normalized spacial score (nSPS) is 12.2. The first-order chi connectivity index (χ1) is 8.54. The van der Waals surface area contributed by atoms with Crippen LogP contribution in [0.25, 0.3) is 0 Å². The van der Waals surface area contributed by atoms with Crippen molar-refractivity contribution >= 4 is 17.5 Å². The van der Waals surface area contributed by atoms with Crippen molar-refractivity contribution in [2.45, 2.75) is 32.9 Å². The van der Waals surface area contributed by atoms with Crippen LogP contribution in [0.3, 0.4) is 0 Å². The summed E-state index contributed by atoms with van der Waals surface area (Å²) in [6, 6.07) is 4.30. The van der Waals surface area contributed by atoms with Gasteiger partial charge in [0, 0.05) is 13.1 Å². The smallest absolute Gasteiger partial charge is 0.236 e. The molecular weight excluding hydrogens is 255 g/mol. The number of nitrogens with one attached hydrogen (secondary N) is 2. The summed E-state index contributed by atoms with van der Waals surface area (Å²) in [6.45, 7) is 4.86. The number of hydrogen-bond donors (Lipinski definition) is 2. The molecule has 0 bridgehead atoms. The highest BCUT2D eigenvalue weighted by Crippen LogP contribution is 2.15. The van der Waals surface area contributed by atoms with Crippen LogP contribution in [0.4, 0.5) is 4.39 Å². The monoisotopic (exact) mass is 272 g/mol. The predicted octanol–water partition coefficient (Wildman–Crippen LogP) is 2.48. The van der Waals surface area contributed by atoms with Crippen molar-refractivity contribution in [2.24, 2.45) is 0 Å². The van der Waals surface area contributed by atoms with E-state index in [1.165, 1.54) is 12.1 Å². The van der Waals surface area contributed by atoms with Gasteiger partial charge in [-0.15, -0.1) is 0 Å². The average molecular weight is 273 g/mol. The Morgan fingerprint density at radius 1 is 1.50 bits per heavy atom. The second-order valence-electron chi connectivity index (χ2n) is 4.14. The number of halogens is 2. The maximum atomic E-state index is 13.2. The van der Waals surface area contributed by atoms with Crippen molar-refractivity contribution < 1.29 is 9.18 Å². The van der Waals surface area contributed by atoms with Crippen LogP contribution in [-0.4, -0.2) is 18.5 Å². The van der Waals surface area contributed by atoms with Crippen molar-refractivity contribution in [2.75, 3.05) is 6.54 Å². The summed E-state index contributed by atoms with van der Waals surface area (Å²) in [5.41, 5.74) is 0.757. The Kier molecular flexibility index (Phi) is 6.09. The molecule has 0 heterocycles. The maximum Gasteiger partial charge on any atom is 0.236 e. The third-order valence-corrected chi connectivity index (χ3v) is 2.85. The SMILES string of the molecule is CCCNC(=O)C(C)NCc1ccc(Cl)c(F)c1. The second kappa shape index (κ2) is 7.34. The lowest BCUT2D eigenvalue weighted by Crippen LogP contribution is -2.42. The lowest BCUT2D eigenvalue weighted by atomic mass is 10.2. The van der Waals surface area contributed by atoms with Gasteiger partial charge in [0.25, 0.3) is 0 Å². The molecule has 0 aromatic heterocycles. The number of carbonyl (C=O) groups is 1. The molecule has 1 aromatic carbocycles. The highest BCUT2D eigenvalue weighted by Gasteiger charge is 2.11. The van der Waals surface area contributed by atoms with Gasteiger partial charge >= 0.3 is 0 Å². The van der Waals surface area contributed by atoms with Gasteiger partial charge in [0.05, 0.1) is 11.1 Å². The first kappa shape index (κ1) is 14.9. The third-order valence-electron chi connectivity index (χ3n) is 2.54. The van der Waals surface area contributed by atoms with Gasteiger partial charge in [-0.05, 0) is 31.0 Å². The van der Waals surface area contributed by atoms with Gasteiger partial charge in [-0.25, -0.2) is 4.39 Å². The largest absolute Gasteiger partial charge is 0.355 e. The van der Waals surface area contributed by atoms with Crippen LogP contribution >= 0.6 is 11.6 Å². The molecule has 0 spiro atoms. The highest BCUT2D eigenvalue weighted by atomic mass is 35.5. The Hall–Kier alpha value is -1.13. The van der Waals surface area contributed by atoms with Gasteiger partial charge in [0.2, 0.25) is 5.91 Å². The van der Waals surface area contributed by atoms with Crippen molar-refractivity contribution in [1.82, 2.24) is 10.6 Å². The Balaban J connectivity index is 2.44. The van der Waals surface area contributed by atoms with E-state index in [2.05, 4.69) is 10.6 Å². The van der Waals surface area contributed by atoms with Crippen molar-refractivity contribution in [3.63, 3.8) is 0 Å². The fourth-order valence-corrected chi connectivity index (χ4v) is 1.53. The number of amides is 1. The standard InChI is InChI=1S/C13H18ClFN2O/c1-3-6-16-13(18)9(2)17-8-10-4-5-11(14)12(15)7-10/h4-5,7,9,17H,3,6,8H2,1-2H3,(H,16,18). The fraction of sp³-hybridized carbons (Fsp3) is 0.462. The Morgan fingerprint density at radius 3 is 2.83 bits per heavy atom. The third kappa shape index (κ3) is 4.63. The Bertz CT molecular complexity index is 412. The van der Waals surface area contributed by atoms with E-state index in [-0.39, 0.29) is 17.0 Å². The molecule has 0 aliphatic rings. The van der Waals surface area contributed by atoms with Crippen LogP contribution in [0.1, 0.15) is 25.8 Å². The van der Waals surface area contributed by atoms with Crippen LogP contribution in [-0.2, 0) is 11.3 Å². The summed E-state index contributed by atoms with van der Waals surface area (Å²) >= 11 is 5.59. The summed E-state index contributed by atoms with van der Waals surface area (Å²) in [5.74, 6) is -0.495. The maximum absolute atomic E-state index is 13.2. The van der Waals surface area contributed by atoms with E-state index in [4.69, 9.17) is 11.6 Å². The van der Waals surface area contributed by atoms with E-state index in [9.17, 15) is 9.18 Å². The molecule has 1 aromatic rings. The minimum atomic E-state index is -0.445. The van der Waals surface area contributed by atoms with Crippen LogP contribution in [0.5, 0.6) is 0 Å². The molecule has 18 heavy (non-hydrogen) atoms. The van der Waals surface area contributed by atoms with E-state index >= 15 is 0 Å². The first-order valence-corrected chi connectivity index (χ1v) is 6.37. The van der Waals surface area contributed by atoms with Crippen molar-refractivity contribution in [3.8, 4) is 0 Å². The second-order valence-corrected chi connectivity index (χ2v) is 4.55. The van der Waals surface area contributed by atoms with Gasteiger partial charge in [0.15, 0.2) is 0 Å². The molecule has 1 rings (SSSR count). The molecule has 0 saturated heterocycles. The lowest BCUT2D eigenvalue weighted by Gasteiger charge is -2.13. The lowest BCUT2D eigenvalue weighted by molar-refractivity contribution is -0.122. The molecule has 0 radical (unpaired) electrons. The zero-order valence-electron chi connectivity index (χ0n) is 10.6. The molecule has 0 saturated carbocycles. The summed E-state index contributed by atoms with van der Waals surface area (Å²) < 4.78 is 13.2. The topological polar surface area (TPSA) is 41.1 Å². The van der Waals surface area contributed by atoms with Gasteiger partial charge in [-0.2, -0.15) is 0 Å². The minimum Gasteiger partial charge on any atom is -0.355 e. The molecule has 1 unspecified atom stereocenters. The van der Waals surface area contributed by atoms with Crippen LogP contribution in [0.2, 0.25) is 5.02 Å². The number of benzene rings is 1. The summed E-state index contributed by atoms with van der Waals surface area (Å²) in [7, 11) is 0. The van der Waals surface area contributed by atoms with Crippen molar-refractivity contribution in [3.05, 3.63) is 34.6 Å². The quantitative estimate of drug-likeness (QED) is 0.835. The van der Waals surface area contributed by atoms with E-state index in [1.54, 1.807) is 13.0 Å². The zero-order valence-corrected chi connectivity index (χ0v) is 11.4. The van der Waals surface area contributed by atoms with E-state index < -0.39 is 5.82 Å². The molecule has 5 heteroatoms. The number of rotatable bonds is 6. The molecule has 0 aliphatic carbocycles.